The predicted molar refractivity (Wildman–Crippen MR) is 75.8 cm³/mol. The normalized spacial score (nSPS) is 11.3. The van der Waals surface area contributed by atoms with Gasteiger partial charge in [-0.05, 0) is 37.6 Å². The van der Waals surface area contributed by atoms with Crippen molar-refractivity contribution >= 4 is 5.91 Å². The van der Waals surface area contributed by atoms with Gasteiger partial charge in [0.25, 0.3) is 5.91 Å². The molecule has 0 unspecified atom stereocenters. The molecule has 8 heteroatoms. The van der Waals surface area contributed by atoms with Gasteiger partial charge in [0, 0.05) is 11.3 Å². The second-order valence-corrected chi connectivity index (χ2v) is 4.99. The summed E-state index contributed by atoms with van der Waals surface area (Å²) in [7, 11) is 0. The summed E-state index contributed by atoms with van der Waals surface area (Å²) in [6.45, 7) is 2.85. The topological polar surface area (TPSA) is 75.1 Å². The van der Waals surface area contributed by atoms with Crippen molar-refractivity contribution in [2.45, 2.75) is 26.6 Å². The number of alkyl halides is 3. The van der Waals surface area contributed by atoms with Gasteiger partial charge in [-0.2, -0.15) is 13.2 Å². The smallest absolute Gasteiger partial charge is 0.433 e. The summed E-state index contributed by atoms with van der Waals surface area (Å²) in [4.78, 5) is 19.3. The zero-order chi connectivity index (χ0) is 17.2. The van der Waals surface area contributed by atoms with E-state index in [0.29, 0.717) is 5.56 Å². The number of nitrogens with one attached hydrogen (secondary N) is 1. The van der Waals surface area contributed by atoms with Gasteiger partial charge in [0.15, 0.2) is 0 Å². The summed E-state index contributed by atoms with van der Waals surface area (Å²) in [6, 6.07) is 5.12. The quantitative estimate of drug-likeness (QED) is 0.910. The van der Waals surface area contributed by atoms with Gasteiger partial charge in [-0.1, -0.05) is 6.07 Å². The number of nitrogens with zero attached hydrogens (tertiary/aromatic N) is 2. The van der Waals surface area contributed by atoms with Crippen molar-refractivity contribution in [3.05, 3.63) is 52.6 Å². The molecule has 0 fully saturated rings. The van der Waals surface area contributed by atoms with E-state index in [1.54, 1.807) is 13.0 Å². The number of aryl methyl sites for hydroxylation is 2. The number of hydrogen-bond donors (Lipinski definition) is 2. The molecule has 0 aliphatic rings. The van der Waals surface area contributed by atoms with Crippen molar-refractivity contribution in [1.29, 1.82) is 0 Å². The van der Waals surface area contributed by atoms with Gasteiger partial charge in [0.2, 0.25) is 0 Å². The Balaban J connectivity index is 2.16. The van der Waals surface area contributed by atoms with E-state index in [1.807, 2.05) is 0 Å². The van der Waals surface area contributed by atoms with E-state index in [1.165, 1.54) is 19.1 Å². The minimum Gasteiger partial charge on any atom is -0.508 e. The standard InChI is InChI=1S/C15H14F3N3O2/c1-8-3-4-10(22)6-11(8)14(23)19-7-13-20-9(2)5-12(21-13)15(16,17)18/h3-6,22H,7H2,1-2H3,(H,19,23). The highest BCUT2D eigenvalue weighted by molar-refractivity contribution is 5.95. The van der Waals surface area contributed by atoms with Crippen LogP contribution in [0, 0.1) is 13.8 Å². The van der Waals surface area contributed by atoms with Crippen molar-refractivity contribution in [2.24, 2.45) is 0 Å². The van der Waals surface area contributed by atoms with Gasteiger partial charge in [-0.15, -0.1) is 0 Å². The highest BCUT2D eigenvalue weighted by atomic mass is 19.4. The van der Waals surface area contributed by atoms with E-state index in [4.69, 9.17) is 0 Å². The third-order valence-corrected chi connectivity index (χ3v) is 3.06. The van der Waals surface area contributed by atoms with Crippen LogP contribution in [0.5, 0.6) is 5.75 Å². The molecule has 1 aromatic heterocycles. The molecule has 0 saturated heterocycles. The Morgan fingerprint density at radius 3 is 2.57 bits per heavy atom. The number of phenols is 1. The van der Waals surface area contributed by atoms with Crippen molar-refractivity contribution in [3.63, 3.8) is 0 Å². The van der Waals surface area contributed by atoms with Crippen molar-refractivity contribution in [3.8, 4) is 5.75 Å². The highest BCUT2D eigenvalue weighted by Gasteiger charge is 2.33. The third-order valence-electron chi connectivity index (χ3n) is 3.06. The van der Waals surface area contributed by atoms with E-state index >= 15 is 0 Å². The Bertz CT molecular complexity index is 745. The average Bonchev–Trinajstić information content (AvgIpc) is 2.46. The second-order valence-electron chi connectivity index (χ2n) is 4.99. The molecule has 2 N–H and O–H groups in total. The lowest BCUT2D eigenvalue weighted by Gasteiger charge is -2.10. The fourth-order valence-corrected chi connectivity index (χ4v) is 1.96. The first-order chi connectivity index (χ1) is 10.7. The molecule has 1 aromatic carbocycles. The molecule has 0 aliphatic heterocycles. The fraction of sp³-hybridized carbons (Fsp3) is 0.267. The highest BCUT2D eigenvalue weighted by Crippen LogP contribution is 2.27. The van der Waals surface area contributed by atoms with Gasteiger partial charge >= 0.3 is 6.18 Å². The Labute approximate surface area is 130 Å². The molecule has 0 spiro atoms. The maximum Gasteiger partial charge on any atom is 0.433 e. The van der Waals surface area contributed by atoms with E-state index < -0.39 is 17.8 Å². The zero-order valence-corrected chi connectivity index (χ0v) is 12.4. The molecule has 1 amide bonds. The van der Waals surface area contributed by atoms with Crippen LogP contribution in [-0.2, 0) is 12.7 Å². The Hall–Kier alpha value is -2.64. The number of aromatic hydroxyl groups is 1. The Kier molecular flexibility index (Phi) is 4.53. The van der Waals surface area contributed by atoms with Gasteiger partial charge in [-0.3, -0.25) is 4.79 Å². The van der Waals surface area contributed by atoms with Crippen LogP contribution in [0.3, 0.4) is 0 Å². The predicted octanol–water partition coefficient (Wildman–Crippen LogP) is 2.75. The minimum atomic E-state index is -4.58. The zero-order valence-electron chi connectivity index (χ0n) is 12.4. The summed E-state index contributed by atoms with van der Waals surface area (Å²) in [6.07, 6.45) is -4.58. The van der Waals surface area contributed by atoms with Gasteiger partial charge in [0.05, 0.1) is 6.54 Å². The van der Waals surface area contributed by atoms with Crippen LogP contribution in [0.4, 0.5) is 13.2 Å². The van der Waals surface area contributed by atoms with Crippen LogP contribution >= 0.6 is 0 Å². The lowest BCUT2D eigenvalue weighted by molar-refractivity contribution is -0.141. The van der Waals surface area contributed by atoms with Crippen LogP contribution in [0.1, 0.15) is 33.1 Å². The number of phenolic OH excluding ortho intramolecular Hbond substituents is 1. The lowest BCUT2D eigenvalue weighted by atomic mass is 10.1. The molecule has 23 heavy (non-hydrogen) atoms. The molecule has 1 heterocycles. The molecule has 0 saturated carbocycles. The maximum atomic E-state index is 12.7. The number of aromatic nitrogens is 2. The molecule has 0 bridgehead atoms. The maximum absolute atomic E-state index is 12.7. The summed E-state index contributed by atoms with van der Waals surface area (Å²) < 4.78 is 38.1. The lowest BCUT2D eigenvalue weighted by Crippen LogP contribution is -2.25. The molecule has 5 nitrogen and oxygen atoms in total. The number of halogens is 3. The van der Waals surface area contributed by atoms with Gasteiger partial charge in [-0.25, -0.2) is 9.97 Å². The van der Waals surface area contributed by atoms with Crippen LogP contribution in [0.25, 0.3) is 0 Å². The fourth-order valence-electron chi connectivity index (χ4n) is 1.96. The number of carbonyl (C=O) groups excluding carboxylic acids is 1. The average molecular weight is 325 g/mol. The first-order valence-electron chi connectivity index (χ1n) is 6.66. The van der Waals surface area contributed by atoms with Crippen LogP contribution < -0.4 is 5.32 Å². The van der Waals surface area contributed by atoms with Crippen LogP contribution in [-0.4, -0.2) is 21.0 Å². The van der Waals surface area contributed by atoms with Gasteiger partial charge < -0.3 is 10.4 Å². The molecule has 2 rings (SSSR count). The summed E-state index contributed by atoms with van der Waals surface area (Å²) in [5.41, 5.74) is -0.0389. The largest absolute Gasteiger partial charge is 0.508 e. The molecule has 0 aliphatic carbocycles. The molecule has 0 radical (unpaired) electrons. The van der Waals surface area contributed by atoms with Crippen LogP contribution in [0.15, 0.2) is 24.3 Å². The number of hydrogen-bond acceptors (Lipinski definition) is 4. The van der Waals surface area contributed by atoms with Crippen molar-refractivity contribution < 1.29 is 23.1 Å². The number of rotatable bonds is 3. The third kappa shape index (κ3) is 4.18. The number of amides is 1. The first-order valence-corrected chi connectivity index (χ1v) is 6.66. The van der Waals surface area contributed by atoms with Crippen molar-refractivity contribution in [2.75, 3.05) is 0 Å². The van der Waals surface area contributed by atoms with Crippen LogP contribution in [0.2, 0.25) is 0 Å². The van der Waals surface area contributed by atoms with E-state index in [-0.39, 0.29) is 29.4 Å². The molecular formula is C15H14F3N3O2. The Morgan fingerprint density at radius 2 is 1.91 bits per heavy atom. The molecular weight excluding hydrogens is 311 g/mol. The Morgan fingerprint density at radius 1 is 1.22 bits per heavy atom. The first kappa shape index (κ1) is 16.7. The SMILES string of the molecule is Cc1cc(C(F)(F)F)nc(CNC(=O)c2cc(O)ccc2C)n1. The van der Waals surface area contributed by atoms with E-state index in [9.17, 15) is 23.1 Å². The van der Waals surface area contributed by atoms with Gasteiger partial charge in [0.1, 0.15) is 17.3 Å². The summed E-state index contributed by atoms with van der Waals surface area (Å²) in [5.74, 6) is -0.743. The summed E-state index contributed by atoms with van der Waals surface area (Å²) >= 11 is 0. The second kappa shape index (κ2) is 6.23. The molecule has 0 atom stereocenters. The number of carbonyl (C=O) groups is 1. The molecule has 122 valence electrons. The summed E-state index contributed by atoms with van der Waals surface area (Å²) in [5, 5.41) is 11.9. The van der Waals surface area contributed by atoms with E-state index in [0.717, 1.165) is 6.07 Å². The van der Waals surface area contributed by atoms with E-state index in [2.05, 4.69) is 15.3 Å². The number of benzene rings is 1. The molecule has 2 aromatic rings. The van der Waals surface area contributed by atoms with Crippen molar-refractivity contribution in [1.82, 2.24) is 15.3 Å². The minimum absolute atomic E-state index is 0.0769. The monoisotopic (exact) mass is 325 g/mol.